The summed E-state index contributed by atoms with van der Waals surface area (Å²) in [6.07, 6.45) is 0. The summed E-state index contributed by atoms with van der Waals surface area (Å²) in [6, 6.07) is 9.93. The van der Waals surface area contributed by atoms with Crippen LogP contribution in [-0.2, 0) is 4.79 Å². The van der Waals surface area contributed by atoms with Gasteiger partial charge in [-0.15, -0.1) is 0 Å². The molecule has 1 saturated heterocycles. The van der Waals surface area contributed by atoms with E-state index in [-0.39, 0.29) is 5.91 Å². The van der Waals surface area contributed by atoms with E-state index in [1.807, 2.05) is 43.0 Å². The summed E-state index contributed by atoms with van der Waals surface area (Å²) < 4.78 is 5.44. The Morgan fingerprint density at radius 1 is 1.12 bits per heavy atom. The minimum absolute atomic E-state index is 0.137. The Labute approximate surface area is 158 Å². The maximum atomic E-state index is 12.5. The number of amides is 1. The van der Waals surface area contributed by atoms with Gasteiger partial charge in [-0.05, 0) is 32.0 Å². The van der Waals surface area contributed by atoms with Gasteiger partial charge < -0.3 is 14.5 Å². The molecule has 0 saturated carbocycles. The van der Waals surface area contributed by atoms with Crippen molar-refractivity contribution in [1.29, 1.82) is 0 Å². The number of methoxy groups -OCH3 is 1. The second kappa shape index (κ2) is 8.40. The number of carbonyl (C=O) groups is 1. The maximum absolute atomic E-state index is 12.5. The molecule has 3 rings (SSSR count). The molecule has 1 aromatic heterocycles. The first-order valence-electron chi connectivity index (χ1n) is 8.67. The molecule has 0 aliphatic carbocycles. The predicted octanol–water partition coefficient (Wildman–Crippen LogP) is 2.54. The lowest BCUT2D eigenvalue weighted by Gasteiger charge is -2.36. The lowest BCUT2D eigenvalue weighted by atomic mass is 10.2. The van der Waals surface area contributed by atoms with Gasteiger partial charge in [-0.1, -0.05) is 23.9 Å². The topological polar surface area (TPSA) is 58.6 Å². The lowest BCUT2D eigenvalue weighted by Crippen LogP contribution is -2.49. The molecule has 0 atom stereocenters. The third-order valence-corrected chi connectivity index (χ3v) is 5.18. The van der Waals surface area contributed by atoms with Crippen molar-refractivity contribution >= 4 is 23.4 Å². The van der Waals surface area contributed by atoms with E-state index in [2.05, 4.69) is 20.9 Å². The standard InChI is InChI=1S/C19H24N4O2S/c1-14-12-15(2)21-19(20-14)26-13-18(24)23-10-8-22(9-11-23)16-6-4-5-7-17(16)25-3/h4-7,12H,8-11,13H2,1-3H3. The van der Waals surface area contributed by atoms with E-state index in [1.165, 1.54) is 11.8 Å². The Bertz CT molecular complexity index is 756. The number of nitrogens with zero attached hydrogens (tertiary/aromatic N) is 4. The molecule has 0 spiro atoms. The molecule has 1 amide bonds. The smallest absolute Gasteiger partial charge is 0.233 e. The highest BCUT2D eigenvalue weighted by Crippen LogP contribution is 2.28. The van der Waals surface area contributed by atoms with Gasteiger partial charge in [-0.25, -0.2) is 9.97 Å². The van der Waals surface area contributed by atoms with Crippen LogP contribution in [0.25, 0.3) is 0 Å². The molecule has 2 heterocycles. The largest absolute Gasteiger partial charge is 0.495 e. The summed E-state index contributed by atoms with van der Waals surface area (Å²) in [5.41, 5.74) is 2.94. The van der Waals surface area contributed by atoms with Crippen LogP contribution >= 0.6 is 11.8 Å². The quantitative estimate of drug-likeness (QED) is 0.594. The summed E-state index contributed by atoms with van der Waals surface area (Å²) in [5.74, 6) is 1.38. The third kappa shape index (κ3) is 4.46. The Morgan fingerprint density at radius 3 is 2.42 bits per heavy atom. The number of piperazine rings is 1. The highest BCUT2D eigenvalue weighted by atomic mass is 32.2. The molecule has 26 heavy (non-hydrogen) atoms. The first kappa shape index (κ1) is 18.5. The van der Waals surface area contributed by atoms with Gasteiger partial charge in [0.05, 0.1) is 18.6 Å². The zero-order valence-corrected chi connectivity index (χ0v) is 16.3. The fourth-order valence-corrected chi connectivity index (χ4v) is 3.92. The average molecular weight is 372 g/mol. The fourth-order valence-electron chi connectivity index (χ4n) is 3.06. The van der Waals surface area contributed by atoms with Crippen molar-refractivity contribution in [2.24, 2.45) is 0 Å². The number of aryl methyl sites for hydroxylation is 2. The van der Waals surface area contributed by atoms with Crippen LogP contribution < -0.4 is 9.64 Å². The zero-order valence-electron chi connectivity index (χ0n) is 15.4. The number of benzene rings is 1. The molecule has 138 valence electrons. The van der Waals surface area contributed by atoms with Crippen LogP contribution in [0.5, 0.6) is 5.75 Å². The van der Waals surface area contributed by atoms with E-state index in [0.717, 1.165) is 35.9 Å². The number of rotatable bonds is 5. The number of para-hydroxylation sites is 2. The van der Waals surface area contributed by atoms with Gasteiger partial charge >= 0.3 is 0 Å². The molecule has 1 aliphatic heterocycles. The van der Waals surface area contributed by atoms with Crippen LogP contribution in [0.1, 0.15) is 11.4 Å². The van der Waals surface area contributed by atoms with Crippen molar-refractivity contribution in [3.63, 3.8) is 0 Å². The van der Waals surface area contributed by atoms with Gasteiger partial charge in [-0.2, -0.15) is 0 Å². The van der Waals surface area contributed by atoms with Crippen LogP contribution in [0.2, 0.25) is 0 Å². The normalized spacial score (nSPS) is 14.4. The molecule has 1 aromatic carbocycles. The summed E-state index contributed by atoms with van der Waals surface area (Å²) in [7, 11) is 1.69. The summed E-state index contributed by atoms with van der Waals surface area (Å²) in [6.45, 7) is 6.92. The molecule has 0 bridgehead atoms. The van der Waals surface area contributed by atoms with E-state index in [0.29, 0.717) is 24.0 Å². The molecule has 0 radical (unpaired) electrons. The van der Waals surface area contributed by atoms with Crippen molar-refractivity contribution in [2.45, 2.75) is 19.0 Å². The lowest BCUT2D eigenvalue weighted by molar-refractivity contribution is -0.128. The van der Waals surface area contributed by atoms with E-state index >= 15 is 0 Å². The number of ether oxygens (including phenoxy) is 1. The van der Waals surface area contributed by atoms with Gasteiger partial charge in [0.1, 0.15) is 5.75 Å². The van der Waals surface area contributed by atoms with Crippen molar-refractivity contribution in [3.8, 4) is 5.75 Å². The first-order chi connectivity index (χ1) is 12.6. The maximum Gasteiger partial charge on any atom is 0.233 e. The number of anilines is 1. The van der Waals surface area contributed by atoms with Crippen LogP contribution in [0.4, 0.5) is 5.69 Å². The number of hydrogen-bond acceptors (Lipinski definition) is 6. The second-order valence-corrected chi connectivity index (χ2v) is 7.20. The van der Waals surface area contributed by atoms with Crippen molar-refractivity contribution in [3.05, 3.63) is 41.7 Å². The third-order valence-electron chi connectivity index (χ3n) is 4.34. The zero-order chi connectivity index (χ0) is 18.5. The van der Waals surface area contributed by atoms with Gasteiger partial charge in [0.15, 0.2) is 5.16 Å². The summed E-state index contributed by atoms with van der Waals surface area (Å²) in [4.78, 5) is 25.5. The van der Waals surface area contributed by atoms with Gasteiger partial charge in [0.2, 0.25) is 5.91 Å². The Kier molecular flexibility index (Phi) is 5.98. The number of aromatic nitrogens is 2. The molecule has 0 N–H and O–H groups in total. The molecule has 1 fully saturated rings. The monoisotopic (exact) mass is 372 g/mol. The van der Waals surface area contributed by atoms with Gasteiger partial charge in [0, 0.05) is 37.6 Å². The first-order valence-corrected chi connectivity index (χ1v) is 9.66. The second-order valence-electron chi connectivity index (χ2n) is 6.26. The van der Waals surface area contributed by atoms with Gasteiger partial charge in [-0.3, -0.25) is 4.79 Å². The van der Waals surface area contributed by atoms with E-state index in [9.17, 15) is 4.79 Å². The molecule has 2 aromatic rings. The highest BCUT2D eigenvalue weighted by Gasteiger charge is 2.23. The predicted molar refractivity (Wildman–Crippen MR) is 104 cm³/mol. The number of hydrogen-bond donors (Lipinski definition) is 0. The molecule has 1 aliphatic rings. The van der Waals surface area contributed by atoms with E-state index in [1.54, 1.807) is 7.11 Å². The molecule has 0 unspecified atom stereocenters. The van der Waals surface area contributed by atoms with Crippen molar-refractivity contribution in [2.75, 3.05) is 43.9 Å². The highest BCUT2D eigenvalue weighted by molar-refractivity contribution is 7.99. The van der Waals surface area contributed by atoms with E-state index in [4.69, 9.17) is 4.74 Å². The minimum Gasteiger partial charge on any atom is -0.495 e. The fraction of sp³-hybridized carbons (Fsp3) is 0.421. The number of carbonyl (C=O) groups excluding carboxylic acids is 1. The Hall–Kier alpha value is -2.28. The molecular formula is C19H24N4O2S. The van der Waals surface area contributed by atoms with Crippen LogP contribution in [0.3, 0.4) is 0 Å². The van der Waals surface area contributed by atoms with E-state index < -0.39 is 0 Å². The average Bonchev–Trinajstić information content (AvgIpc) is 2.65. The van der Waals surface area contributed by atoms with Crippen molar-refractivity contribution in [1.82, 2.24) is 14.9 Å². The van der Waals surface area contributed by atoms with Crippen LogP contribution in [-0.4, -0.2) is 59.8 Å². The van der Waals surface area contributed by atoms with Crippen molar-refractivity contribution < 1.29 is 9.53 Å². The SMILES string of the molecule is COc1ccccc1N1CCN(C(=O)CSc2nc(C)cc(C)n2)CC1. The van der Waals surface area contributed by atoms with Crippen LogP contribution in [0.15, 0.2) is 35.5 Å². The van der Waals surface area contributed by atoms with Gasteiger partial charge in [0.25, 0.3) is 0 Å². The van der Waals surface area contributed by atoms with Crippen LogP contribution in [0, 0.1) is 13.8 Å². The molecule has 7 heteroatoms. The minimum atomic E-state index is 0.137. The Balaban J connectivity index is 1.53. The Morgan fingerprint density at radius 2 is 1.77 bits per heavy atom. The molecular weight excluding hydrogens is 348 g/mol. The summed E-state index contributed by atoms with van der Waals surface area (Å²) in [5, 5.41) is 0.670. The number of thioether (sulfide) groups is 1. The summed E-state index contributed by atoms with van der Waals surface area (Å²) >= 11 is 1.41. The molecule has 6 nitrogen and oxygen atoms in total.